The van der Waals surface area contributed by atoms with Crippen LogP contribution in [0.4, 0.5) is 0 Å². The van der Waals surface area contributed by atoms with Crippen molar-refractivity contribution in [3.05, 3.63) is 71.8 Å². The van der Waals surface area contributed by atoms with Gasteiger partial charge in [-0.25, -0.2) is 0 Å². The molecule has 0 saturated carbocycles. The van der Waals surface area contributed by atoms with Gasteiger partial charge in [0.25, 0.3) is 0 Å². The van der Waals surface area contributed by atoms with Crippen molar-refractivity contribution < 1.29 is 14.2 Å². The highest BCUT2D eigenvalue weighted by atomic mass is 16.7. The Bertz CT molecular complexity index is 499. The molecule has 22 heavy (non-hydrogen) atoms. The topological polar surface area (TPSA) is 27.7 Å². The predicted octanol–water partition coefficient (Wildman–Crippen LogP) is 4.35. The molecule has 0 fully saturated rings. The molecule has 2 rings (SSSR count). The van der Waals surface area contributed by atoms with E-state index in [9.17, 15) is 0 Å². The second-order valence-corrected chi connectivity index (χ2v) is 5.15. The highest BCUT2D eigenvalue weighted by Gasteiger charge is 2.11. The molecule has 0 aliphatic carbocycles. The van der Waals surface area contributed by atoms with E-state index >= 15 is 0 Å². The normalized spacial score (nSPS) is 12.2. The van der Waals surface area contributed by atoms with Crippen molar-refractivity contribution in [1.29, 1.82) is 0 Å². The van der Waals surface area contributed by atoms with Gasteiger partial charge >= 0.3 is 0 Å². The lowest BCUT2D eigenvalue weighted by Gasteiger charge is -2.17. The molecule has 2 aromatic rings. The van der Waals surface area contributed by atoms with Crippen molar-refractivity contribution in [2.75, 3.05) is 20.5 Å². The van der Waals surface area contributed by atoms with Crippen molar-refractivity contribution in [1.82, 2.24) is 0 Å². The SMILES string of the molecule is COCOC(CCCOCc1ccccc1)c1ccccc1. The van der Waals surface area contributed by atoms with Crippen molar-refractivity contribution in [3.8, 4) is 0 Å². The van der Waals surface area contributed by atoms with E-state index in [1.807, 2.05) is 36.4 Å². The van der Waals surface area contributed by atoms with Crippen LogP contribution in [0.5, 0.6) is 0 Å². The maximum absolute atomic E-state index is 5.76. The highest BCUT2D eigenvalue weighted by Crippen LogP contribution is 2.22. The summed E-state index contributed by atoms with van der Waals surface area (Å²) in [6.07, 6.45) is 1.93. The molecule has 1 unspecified atom stereocenters. The minimum atomic E-state index is 0.0569. The van der Waals surface area contributed by atoms with E-state index < -0.39 is 0 Å². The largest absolute Gasteiger partial charge is 0.377 e. The second-order valence-electron chi connectivity index (χ2n) is 5.15. The van der Waals surface area contributed by atoms with E-state index in [-0.39, 0.29) is 6.10 Å². The first-order valence-electron chi connectivity index (χ1n) is 7.67. The van der Waals surface area contributed by atoms with Crippen molar-refractivity contribution >= 4 is 0 Å². The van der Waals surface area contributed by atoms with Gasteiger partial charge in [0.05, 0.1) is 12.7 Å². The lowest BCUT2D eigenvalue weighted by atomic mass is 10.1. The molecular formula is C19H24O3. The smallest absolute Gasteiger partial charge is 0.147 e. The summed E-state index contributed by atoms with van der Waals surface area (Å²) in [5.41, 5.74) is 2.39. The maximum Gasteiger partial charge on any atom is 0.147 e. The van der Waals surface area contributed by atoms with Crippen LogP contribution >= 0.6 is 0 Å². The number of methoxy groups -OCH3 is 1. The van der Waals surface area contributed by atoms with Gasteiger partial charge in [-0.15, -0.1) is 0 Å². The highest BCUT2D eigenvalue weighted by molar-refractivity contribution is 5.17. The quantitative estimate of drug-likeness (QED) is 0.482. The lowest BCUT2D eigenvalue weighted by Crippen LogP contribution is -2.08. The molecule has 3 nitrogen and oxygen atoms in total. The molecular weight excluding hydrogens is 276 g/mol. The minimum Gasteiger partial charge on any atom is -0.377 e. The van der Waals surface area contributed by atoms with E-state index in [2.05, 4.69) is 24.3 Å². The molecule has 118 valence electrons. The molecule has 0 radical (unpaired) electrons. The van der Waals surface area contributed by atoms with Gasteiger partial charge < -0.3 is 14.2 Å². The molecule has 2 aromatic carbocycles. The van der Waals surface area contributed by atoms with Crippen molar-refractivity contribution in [2.24, 2.45) is 0 Å². The maximum atomic E-state index is 5.76. The van der Waals surface area contributed by atoms with Crippen LogP contribution in [0.1, 0.15) is 30.1 Å². The Hall–Kier alpha value is -1.68. The van der Waals surface area contributed by atoms with Crippen LogP contribution in [-0.4, -0.2) is 20.5 Å². The second kappa shape index (κ2) is 10.1. The number of hydrogen-bond donors (Lipinski definition) is 0. The third-order valence-electron chi connectivity index (χ3n) is 3.42. The number of hydrogen-bond acceptors (Lipinski definition) is 3. The molecule has 0 aromatic heterocycles. The molecule has 0 spiro atoms. The van der Waals surface area contributed by atoms with Gasteiger partial charge in [-0.05, 0) is 24.0 Å². The summed E-state index contributed by atoms with van der Waals surface area (Å²) in [5.74, 6) is 0. The zero-order valence-corrected chi connectivity index (χ0v) is 13.1. The van der Waals surface area contributed by atoms with E-state index in [0.717, 1.165) is 19.4 Å². The summed E-state index contributed by atoms with van der Waals surface area (Å²) in [6, 6.07) is 20.5. The van der Waals surface area contributed by atoms with Gasteiger partial charge in [0.2, 0.25) is 0 Å². The van der Waals surface area contributed by atoms with E-state index in [4.69, 9.17) is 14.2 Å². The molecule has 0 N–H and O–H groups in total. The molecule has 0 amide bonds. The third kappa shape index (κ3) is 5.98. The van der Waals surface area contributed by atoms with E-state index in [0.29, 0.717) is 13.4 Å². The Balaban J connectivity index is 1.72. The van der Waals surface area contributed by atoms with Crippen LogP contribution < -0.4 is 0 Å². The van der Waals surface area contributed by atoms with Crippen molar-refractivity contribution in [2.45, 2.75) is 25.6 Å². The fourth-order valence-electron chi connectivity index (χ4n) is 2.30. The molecule has 0 heterocycles. The molecule has 0 aliphatic rings. The summed E-state index contributed by atoms with van der Waals surface area (Å²) >= 11 is 0. The Labute approximate surface area is 132 Å². The van der Waals surface area contributed by atoms with Gasteiger partial charge in [-0.1, -0.05) is 60.7 Å². The predicted molar refractivity (Wildman–Crippen MR) is 87.5 cm³/mol. The molecule has 0 saturated heterocycles. The summed E-state index contributed by atoms with van der Waals surface area (Å²) in [7, 11) is 1.64. The molecule has 0 bridgehead atoms. The first-order valence-corrected chi connectivity index (χ1v) is 7.67. The van der Waals surface area contributed by atoms with Crippen LogP contribution in [0, 0.1) is 0 Å². The van der Waals surface area contributed by atoms with Gasteiger partial charge in [-0.2, -0.15) is 0 Å². The third-order valence-corrected chi connectivity index (χ3v) is 3.42. The van der Waals surface area contributed by atoms with Crippen LogP contribution in [0.3, 0.4) is 0 Å². The average molecular weight is 300 g/mol. The summed E-state index contributed by atoms with van der Waals surface area (Å²) in [5, 5.41) is 0. The van der Waals surface area contributed by atoms with Gasteiger partial charge in [0.1, 0.15) is 6.79 Å². The number of ether oxygens (including phenoxy) is 3. The lowest BCUT2D eigenvalue weighted by molar-refractivity contribution is -0.0779. The summed E-state index contributed by atoms with van der Waals surface area (Å²) in [6.45, 7) is 1.70. The van der Waals surface area contributed by atoms with Crippen LogP contribution in [0.25, 0.3) is 0 Å². The van der Waals surface area contributed by atoms with Crippen LogP contribution in [0.2, 0.25) is 0 Å². The van der Waals surface area contributed by atoms with Gasteiger partial charge in [0, 0.05) is 13.7 Å². The fraction of sp³-hybridized carbons (Fsp3) is 0.368. The van der Waals surface area contributed by atoms with E-state index in [1.165, 1.54) is 11.1 Å². The van der Waals surface area contributed by atoms with Gasteiger partial charge in [0.15, 0.2) is 0 Å². The number of rotatable bonds is 10. The fourth-order valence-corrected chi connectivity index (χ4v) is 2.30. The molecule has 1 atom stereocenters. The Kier molecular flexibility index (Phi) is 7.67. The zero-order chi connectivity index (χ0) is 15.5. The molecule has 0 aliphatic heterocycles. The Morgan fingerprint density at radius 3 is 2.27 bits per heavy atom. The van der Waals surface area contributed by atoms with Gasteiger partial charge in [-0.3, -0.25) is 0 Å². The zero-order valence-electron chi connectivity index (χ0n) is 13.1. The van der Waals surface area contributed by atoms with Crippen LogP contribution in [0.15, 0.2) is 60.7 Å². The first kappa shape index (κ1) is 16.7. The van der Waals surface area contributed by atoms with Crippen molar-refractivity contribution in [3.63, 3.8) is 0 Å². The monoisotopic (exact) mass is 300 g/mol. The Morgan fingerprint density at radius 2 is 1.59 bits per heavy atom. The molecule has 3 heteroatoms. The first-order chi connectivity index (χ1) is 10.9. The summed E-state index contributed by atoms with van der Waals surface area (Å²) in [4.78, 5) is 0. The number of benzene rings is 2. The Morgan fingerprint density at radius 1 is 0.909 bits per heavy atom. The minimum absolute atomic E-state index is 0.0569. The summed E-state index contributed by atoms with van der Waals surface area (Å²) < 4.78 is 16.5. The average Bonchev–Trinajstić information content (AvgIpc) is 2.59. The van der Waals surface area contributed by atoms with Crippen LogP contribution in [-0.2, 0) is 20.8 Å². The van der Waals surface area contributed by atoms with E-state index in [1.54, 1.807) is 7.11 Å². The standard InChI is InChI=1S/C19H24O3/c1-20-16-22-19(18-11-6-3-7-12-18)13-8-14-21-15-17-9-4-2-5-10-17/h2-7,9-12,19H,8,13-16H2,1H3.